The number of primary sulfonamides is 1. The molecule has 0 spiro atoms. The van der Waals surface area contributed by atoms with E-state index >= 15 is 0 Å². The largest absolute Gasteiger partial charge is 0.508 e. The lowest BCUT2D eigenvalue weighted by atomic mass is 10.1. The molecule has 32 heavy (non-hydrogen) atoms. The molecule has 0 saturated heterocycles. The Morgan fingerprint density at radius 1 is 1.03 bits per heavy atom. The van der Waals surface area contributed by atoms with Gasteiger partial charge < -0.3 is 21.5 Å². The first-order valence-corrected chi connectivity index (χ1v) is 11.1. The molecule has 0 aliphatic carbocycles. The lowest BCUT2D eigenvalue weighted by Crippen LogP contribution is -2.27. The molecule has 1 amide bonds. The first-order chi connectivity index (χ1) is 15.1. The number of nitrogens with one attached hydrogen (secondary N) is 3. The Kier molecular flexibility index (Phi) is 6.89. The van der Waals surface area contributed by atoms with Crippen LogP contribution in [-0.2, 0) is 21.4 Å². The quantitative estimate of drug-likeness (QED) is 0.224. The number of amides is 1. The first kappa shape index (κ1) is 22.9. The van der Waals surface area contributed by atoms with Gasteiger partial charge in [0.1, 0.15) is 11.6 Å². The Balaban J connectivity index is 1.61. The van der Waals surface area contributed by atoms with Gasteiger partial charge in [-0.15, -0.1) is 0 Å². The van der Waals surface area contributed by atoms with Gasteiger partial charge in [-0.2, -0.15) is 0 Å². The highest BCUT2D eigenvalue weighted by Gasteiger charge is 2.14. The van der Waals surface area contributed by atoms with Crippen LogP contribution in [0.5, 0.6) is 5.75 Å². The Labute approximate surface area is 185 Å². The third-order valence-corrected chi connectivity index (χ3v) is 5.63. The Hall–Kier alpha value is -3.73. The summed E-state index contributed by atoms with van der Waals surface area (Å²) in [5.41, 5.74) is 8.11. The minimum Gasteiger partial charge on any atom is -0.508 e. The number of nitrogen functional groups attached to an aromatic ring is 1. The minimum absolute atomic E-state index is 0.0141. The lowest BCUT2D eigenvalue weighted by Gasteiger charge is -2.11. The van der Waals surface area contributed by atoms with Gasteiger partial charge in [-0.1, -0.05) is 30.3 Å². The predicted molar refractivity (Wildman–Crippen MR) is 123 cm³/mol. The predicted octanol–water partition coefficient (Wildman–Crippen LogP) is 1.72. The van der Waals surface area contributed by atoms with Gasteiger partial charge in [0.15, 0.2) is 0 Å². The number of aromatic hydroxyl groups is 1. The Morgan fingerprint density at radius 2 is 1.72 bits per heavy atom. The van der Waals surface area contributed by atoms with E-state index in [4.69, 9.17) is 16.3 Å². The summed E-state index contributed by atoms with van der Waals surface area (Å²) in [6, 6.07) is 17.7. The Bertz CT molecular complexity index is 1260. The third kappa shape index (κ3) is 5.70. The maximum Gasteiger partial charge on any atom is 0.238 e. The van der Waals surface area contributed by atoms with E-state index < -0.39 is 10.0 Å². The number of carbonyl (C=O) groups is 1. The van der Waals surface area contributed by atoms with E-state index in [0.717, 1.165) is 0 Å². The second-order valence-electron chi connectivity index (χ2n) is 7.03. The molecule has 9 nitrogen and oxygen atoms in total. The van der Waals surface area contributed by atoms with Crippen molar-refractivity contribution in [1.82, 2.24) is 5.32 Å². The fourth-order valence-electron chi connectivity index (χ4n) is 3.10. The van der Waals surface area contributed by atoms with Gasteiger partial charge in [-0.3, -0.25) is 10.2 Å². The van der Waals surface area contributed by atoms with E-state index in [9.17, 15) is 18.3 Å². The van der Waals surface area contributed by atoms with Gasteiger partial charge >= 0.3 is 0 Å². The van der Waals surface area contributed by atoms with Crippen molar-refractivity contribution in [2.24, 2.45) is 10.9 Å². The maximum atomic E-state index is 12.2. The molecule has 3 rings (SSSR count). The molecule has 0 unspecified atom stereocenters. The molecule has 0 saturated carbocycles. The smallest absolute Gasteiger partial charge is 0.238 e. The zero-order valence-electron chi connectivity index (χ0n) is 17.0. The van der Waals surface area contributed by atoms with Crippen molar-refractivity contribution in [1.29, 1.82) is 5.41 Å². The normalized spacial score (nSPS) is 11.2. The summed E-state index contributed by atoms with van der Waals surface area (Å²) in [5.74, 6) is -0.373. The molecule has 166 valence electrons. The molecule has 0 fully saturated rings. The second-order valence-corrected chi connectivity index (χ2v) is 8.56. The molecule has 3 aromatic rings. The summed E-state index contributed by atoms with van der Waals surface area (Å²) in [6.45, 7) is 0.198. The van der Waals surface area contributed by atoms with Crippen LogP contribution in [0.3, 0.4) is 0 Å². The molecule has 0 aromatic heterocycles. The van der Waals surface area contributed by atoms with Crippen LogP contribution < -0.4 is 21.5 Å². The number of anilines is 1. The van der Waals surface area contributed by atoms with E-state index in [1.165, 1.54) is 12.1 Å². The van der Waals surface area contributed by atoms with Crippen molar-refractivity contribution in [3.05, 3.63) is 77.9 Å². The number of phenols is 1. The number of sulfonamides is 1. The number of hydrogen-bond acceptors (Lipinski definition) is 6. The van der Waals surface area contributed by atoms with Gasteiger partial charge in [-0.05, 0) is 42.0 Å². The third-order valence-electron chi connectivity index (χ3n) is 4.66. The monoisotopic (exact) mass is 453 g/mol. The zero-order chi connectivity index (χ0) is 23.3. The van der Waals surface area contributed by atoms with Crippen molar-refractivity contribution in [3.8, 4) is 16.9 Å². The number of amidine groups is 1. The minimum atomic E-state index is -3.87. The number of rotatable bonds is 8. The van der Waals surface area contributed by atoms with E-state index in [-0.39, 0.29) is 35.5 Å². The highest BCUT2D eigenvalue weighted by molar-refractivity contribution is 7.89. The molecule has 0 atom stereocenters. The van der Waals surface area contributed by atoms with Crippen molar-refractivity contribution in [2.75, 3.05) is 11.9 Å². The van der Waals surface area contributed by atoms with Crippen molar-refractivity contribution >= 4 is 27.5 Å². The van der Waals surface area contributed by atoms with Crippen LogP contribution in [0, 0.1) is 5.41 Å². The average molecular weight is 454 g/mol. The van der Waals surface area contributed by atoms with Gasteiger partial charge in [-0.25, -0.2) is 13.6 Å². The average Bonchev–Trinajstić information content (AvgIpc) is 2.75. The summed E-state index contributed by atoms with van der Waals surface area (Å²) >= 11 is 0. The number of carbonyl (C=O) groups excluding carboxylic acids is 1. The maximum absolute atomic E-state index is 12.2. The highest BCUT2D eigenvalue weighted by Crippen LogP contribution is 2.27. The number of hydrogen-bond donors (Lipinski definition) is 6. The number of phenolic OH excluding ortho intramolecular Hbond substituents is 1. The standard InChI is InChI=1S/C22H23N5O4S/c23-22(24)15-7-10-19(28)16(11-15)12-26-13-21(29)27-17-8-5-14(6-9-17)18-3-1-2-4-20(18)32(25,30)31/h1-11,26,28H,12-13H2,(H3,23,24)(H,27,29)(H2,25,30,31). The van der Waals surface area contributed by atoms with Crippen LogP contribution in [0.4, 0.5) is 5.69 Å². The topological polar surface area (TPSA) is 171 Å². The van der Waals surface area contributed by atoms with E-state index in [1.54, 1.807) is 54.6 Å². The number of benzene rings is 3. The molecular weight excluding hydrogens is 430 g/mol. The lowest BCUT2D eigenvalue weighted by molar-refractivity contribution is -0.115. The van der Waals surface area contributed by atoms with Gasteiger partial charge in [0.25, 0.3) is 0 Å². The molecule has 0 aliphatic heterocycles. The fourth-order valence-corrected chi connectivity index (χ4v) is 3.86. The summed E-state index contributed by atoms with van der Waals surface area (Å²) in [5, 5.41) is 28.3. The molecule has 0 heterocycles. The molecule has 8 N–H and O–H groups in total. The van der Waals surface area contributed by atoms with Crippen LogP contribution in [0.25, 0.3) is 11.1 Å². The molecule has 3 aromatic carbocycles. The molecule has 0 bridgehead atoms. The SMILES string of the molecule is N=C(N)c1ccc(O)c(CNCC(=O)Nc2ccc(-c3ccccc3S(N)(=O)=O)cc2)c1. The van der Waals surface area contributed by atoms with Crippen molar-refractivity contribution < 1.29 is 18.3 Å². The van der Waals surface area contributed by atoms with Crippen LogP contribution in [0.1, 0.15) is 11.1 Å². The fraction of sp³-hybridized carbons (Fsp3) is 0.0909. The van der Waals surface area contributed by atoms with Crippen LogP contribution in [0.15, 0.2) is 71.6 Å². The molecule has 0 radical (unpaired) electrons. The summed E-state index contributed by atoms with van der Waals surface area (Å²) in [6.07, 6.45) is 0. The molecule has 10 heteroatoms. The zero-order valence-corrected chi connectivity index (χ0v) is 17.8. The summed E-state index contributed by atoms with van der Waals surface area (Å²) < 4.78 is 23.6. The van der Waals surface area contributed by atoms with Crippen molar-refractivity contribution in [2.45, 2.75) is 11.4 Å². The first-order valence-electron chi connectivity index (χ1n) is 9.54. The highest BCUT2D eigenvalue weighted by atomic mass is 32.2. The van der Waals surface area contributed by atoms with Gasteiger partial charge in [0.2, 0.25) is 15.9 Å². The summed E-state index contributed by atoms with van der Waals surface area (Å²) in [7, 11) is -3.87. The van der Waals surface area contributed by atoms with Crippen LogP contribution in [-0.4, -0.2) is 31.8 Å². The van der Waals surface area contributed by atoms with Crippen LogP contribution in [0.2, 0.25) is 0 Å². The Morgan fingerprint density at radius 3 is 2.38 bits per heavy atom. The van der Waals surface area contributed by atoms with Gasteiger partial charge in [0.05, 0.1) is 11.4 Å². The van der Waals surface area contributed by atoms with Gasteiger partial charge in [0, 0.05) is 28.9 Å². The number of nitrogens with two attached hydrogens (primary N) is 2. The van der Waals surface area contributed by atoms with E-state index in [1.807, 2.05) is 0 Å². The van der Waals surface area contributed by atoms with E-state index in [0.29, 0.717) is 27.9 Å². The summed E-state index contributed by atoms with van der Waals surface area (Å²) in [4.78, 5) is 12.2. The van der Waals surface area contributed by atoms with E-state index in [2.05, 4.69) is 10.6 Å². The van der Waals surface area contributed by atoms with Crippen molar-refractivity contribution in [3.63, 3.8) is 0 Å². The van der Waals surface area contributed by atoms with Crippen LogP contribution >= 0.6 is 0 Å². The molecule has 0 aliphatic rings. The molecular formula is C22H23N5O4S. The second kappa shape index (κ2) is 9.60.